The van der Waals surface area contributed by atoms with Crippen molar-refractivity contribution in [1.29, 1.82) is 0 Å². The minimum atomic E-state index is -4.64. The highest BCUT2D eigenvalue weighted by Gasteiger charge is 2.35. The lowest BCUT2D eigenvalue weighted by molar-refractivity contribution is -0.137. The Kier molecular flexibility index (Phi) is 5.44. The molecule has 0 unspecified atom stereocenters. The summed E-state index contributed by atoms with van der Waals surface area (Å²) in [4.78, 5) is 19.1. The fourth-order valence-corrected chi connectivity index (χ4v) is 2.57. The lowest BCUT2D eigenvalue weighted by atomic mass is 10.1. The highest BCUT2D eigenvalue weighted by molar-refractivity contribution is 5.94. The number of halogens is 3. The van der Waals surface area contributed by atoms with Crippen molar-refractivity contribution >= 4 is 23.4 Å². The molecule has 0 atom stereocenters. The van der Waals surface area contributed by atoms with Gasteiger partial charge in [-0.1, -0.05) is 6.07 Å². The van der Waals surface area contributed by atoms with Crippen LogP contribution in [0.4, 0.5) is 30.6 Å². The molecule has 4 N–H and O–H groups in total. The zero-order valence-electron chi connectivity index (χ0n) is 15.6. The summed E-state index contributed by atoms with van der Waals surface area (Å²) >= 11 is 0. The van der Waals surface area contributed by atoms with Crippen LogP contribution in [0.5, 0.6) is 0 Å². The molecule has 2 aromatic heterocycles. The van der Waals surface area contributed by atoms with Crippen molar-refractivity contribution in [3.8, 4) is 0 Å². The normalized spacial score (nSPS) is 11.3. The molecule has 0 aliphatic heterocycles. The van der Waals surface area contributed by atoms with Crippen LogP contribution in [0.1, 0.15) is 33.0 Å². The van der Waals surface area contributed by atoms with Crippen LogP contribution < -0.4 is 16.4 Å². The number of furan rings is 1. The monoisotopic (exact) mass is 405 g/mol. The Hall–Kier alpha value is -3.56. The lowest BCUT2D eigenvalue weighted by Crippen LogP contribution is -2.15. The van der Waals surface area contributed by atoms with E-state index in [0.717, 1.165) is 5.56 Å². The summed E-state index contributed by atoms with van der Waals surface area (Å²) in [6.45, 7) is 3.51. The fourth-order valence-electron chi connectivity index (χ4n) is 2.57. The van der Waals surface area contributed by atoms with Crippen LogP contribution >= 0.6 is 0 Å². The predicted octanol–water partition coefficient (Wildman–Crippen LogP) is 4.16. The molecule has 0 fully saturated rings. The van der Waals surface area contributed by atoms with E-state index >= 15 is 0 Å². The van der Waals surface area contributed by atoms with Crippen LogP contribution in [0, 0.1) is 13.8 Å². The number of aryl methyl sites for hydroxylation is 2. The van der Waals surface area contributed by atoms with E-state index in [1.54, 1.807) is 38.1 Å². The maximum Gasteiger partial charge on any atom is 0.421 e. The molecule has 3 aromatic rings. The zero-order valence-corrected chi connectivity index (χ0v) is 15.6. The number of carbonyl (C=O) groups is 1. The Morgan fingerprint density at radius 1 is 1.21 bits per heavy atom. The van der Waals surface area contributed by atoms with Gasteiger partial charge in [-0.15, -0.1) is 0 Å². The largest absolute Gasteiger partial charge is 0.465 e. The first-order chi connectivity index (χ1) is 13.6. The Labute approximate surface area is 164 Å². The zero-order chi connectivity index (χ0) is 21.2. The van der Waals surface area contributed by atoms with E-state index in [2.05, 4.69) is 20.6 Å². The summed E-state index contributed by atoms with van der Waals surface area (Å²) in [6.07, 6.45) is -3.94. The van der Waals surface area contributed by atoms with Gasteiger partial charge in [0.25, 0.3) is 0 Å². The molecule has 7 nitrogen and oxygen atoms in total. The van der Waals surface area contributed by atoms with E-state index in [-0.39, 0.29) is 18.1 Å². The third-order valence-electron chi connectivity index (χ3n) is 4.09. The van der Waals surface area contributed by atoms with Gasteiger partial charge in [0.1, 0.15) is 22.9 Å². The molecule has 1 aromatic carbocycles. The van der Waals surface area contributed by atoms with Gasteiger partial charge in [-0.3, -0.25) is 4.79 Å². The van der Waals surface area contributed by atoms with Crippen molar-refractivity contribution in [2.45, 2.75) is 26.6 Å². The Balaban J connectivity index is 1.90. The van der Waals surface area contributed by atoms with Gasteiger partial charge in [0.15, 0.2) is 0 Å². The molecule has 0 bridgehead atoms. The van der Waals surface area contributed by atoms with Crippen LogP contribution in [-0.2, 0) is 12.7 Å². The van der Waals surface area contributed by atoms with Gasteiger partial charge in [0.2, 0.25) is 11.9 Å². The minimum Gasteiger partial charge on any atom is -0.465 e. The molecule has 29 heavy (non-hydrogen) atoms. The average molecular weight is 405 g/mol. The van der Waals surface area contributed by atoms with E-state index < -0.39 is 23.5 Å². The summed E-state index contributed by atoms with van der Waals surface area (Å²) in [7, 11) is 0. The van der Waals surface area contributed by atoms with Crippen LogP contribution in [-0.4, -0.2) is 15.9 Å². The Morgan fingerprint density at radius 2 is 1.97 bits per heavy atom. The number of benzene rings is 1. The molecule has 0 aliphatic rings. The fraction of sp³-hybridized carbons (Fsp3) is 0.211. The maximum absolute atomic E-state index is 13.3. The number of carbonyl (C=O) groups excluding carboxylic acids is 1. The molecule has 0 radical (unpaired) electrons. The second-order valence-corrected chi connectivity index (χ2v) is 6.34. The van der Waals surface area contributed by atoms with Gasteiger partial charge in [0.05, 0.1) is 6.54 Å². The molecular formula is C19H18F3N5O2. The molecule has 1 amide bonds. The van der Waals surface area contributed by atoms with Gasteiger partial charge in [-0.25, -0.2) is 4.98 Å². The van der Waals surface area contributed by atoms with Gasteiger partial charge in [-0.05, 0) is 43.7 Å². The number of nitrogens with two attached hydrogens (primary N) is 1. The molecule has 0 aliphatic carbocycles. The van der Waals surface area contributed by atoms with E-state index in [4.69, 9.17) is 10.2 Å². The number of amides is 1. The number of nitrogens with one attached hydrogen (secondary N) is 2. The van der Waals surface area contributed by atoms with Crippen molar-refractivity contribution in [3.63, 3.8) is 0 Å². The number of alkyl halides is 3. The van der Waals surface area contributed by atoms with Gasteiger partial charge < -0.3 is 20.8 Å². The number of nitrogens with zero attached hydrogens (tertiary/aromatic N) is 2. The van der Waals surface area contributed by atoms with Crippen molar-refractivity contribution in [1.82, 2.24) is 9.97 Å². The first kappa shape index (κ1) is 20.2. The third kappa shape index (κ3) is 4.84. The SMILES string of the molecule is Cc1ccc(CNc2nc(Nc3cc(C(N)=O)ccc3C)ncc2C(F)(F)F)o1. The van der Waals surface area contributed by atoms with Crippen LogP contribution in [0.3, 0.4) is 0 Å². The molecule has 0 spiro atoms. The lowest BCUT2D eigenvalue weighted by Gasteiger charge is -2.15. The summed E-state index contributed by atoms with van der Waals surface area (Å²) in [5, 5.41) is 5.47. The quantitative estimate of drug-likeness (QED) is 0.569. The van der Waals surface area contributed by atoms with Crippen molar-refractivity contribution in [2.24, 2.45) is 5.73 Å². The molecule has 3 rings (SSSR count). The third-order valence-corrected chi connectivity index (χ3v) is 4.09. The standard InChI is InChI=1S/C19H18F3N5O2/c1-10-3-5-12(16(23)28)7-15(10)26-18-25-9-14(19(20,21)22)17(27-18)24-8-13-6-4-11(2)29-13/h3-7,9H,8H2,1-2H3,(H2,23,28)(H2,24,25,26,27). The number of aromatic nitrogens is 2. The van der Waals surface area contributed by atoms with Crippen molar-refractivity contribution in [2.75, 3.05) is 10.6 Å². The summed E-state index contributed by atoms with van der Waals surface area (Å²) in [5.74, 6) is 0.0209. The topological polar surface area (TPSA) is 106 Å². The van der Waals surface area contributed by atoms with Crippen LogP contribution in [0.2, 0.25) is 0 Å². The van der Waals surface area contributed by atoms with Crippen molar-refractivity contribution < 1.29 is 22.4 Å². The minimum absolute atomic E-state index is 0.0174. The van der Waals surface area contributed by atoms with Crippen molar-refractivity contribution in [3.05, 3.63) is 64.7 Å². The highest BCUT2D eigenvalue weighted by Crippen LogP contribution is 2.34. The number of hydrogen-bond acceptors (Lipinski definition) is 6. The van der Waals surface area contributed by atoms with E-state index in [0.29, 0.717) is 23.4 Å². The molecule has 10 heteroatoms. The van der Waals surface area contributed by atoms with Gasteiger partial charge >= 0.3 is 6.18 Å². The predicted molar refractivity (Wildman–Crippen MR) is 101 cm³/mol. The Bertz CT molecular complexity index is 1050. The van der Waals surface area contributed by atoms with Gasteiger partial charge in [-0.2, -0.15) is 18.2 Å². The molecule has 152 valence electrons. The second-order valence-electron chi connectivity index (χ2n) is 6.34. The van der Waals surface area contributed by atoms with Gasteiger partial charge in [0, 0.05) is 17.4 Å². The smallest absolute Gasteiger partial charge is 0.421 e. The van der Waals surface area contributed by atoms with E-state index in [1.165, 1.54) is 6.07 Å². The van der Waals surface area contributed by atoms with E-state index in [9.17, 15) is 18.0 Å². The molecule has 0 saturated carbocycles. The molecular weight excluding hydrogens is 387 g/mol. The van der Waals surface area contributed by atoms with Crippen LogP contribution in [0.15, 0.2) is 40.9 Å². The van der Waals surface area contributed by atoms with E-state index in [1.807, 2.05) is 0 Å². The Morgan fingerprint density at radius 3 is 2.59 bits per heavy atom. The number of anilines is 3. The highest BCUT2D eigenvalue weighted by atomic mass is 19.4. The number of rotatable bonds is 6. The summed E-state index contributed by atoms with van der Waals surface area (Å²) in [5.41, 5.74) is 5.70. The summed E-state index contributed by atoms with van der Waals surface area (Å²) < 4.78 is 45.3. The first-order valence-corrected chi connectivity index (χ1v) is 8.54. The maximum atomic E-state index is 13.3. The molecule has 0 saturated heterocycles. The summed E-state index contributed by atoms with van der Waals surface area (Å²) in [6, 6.07) is 8.06. The first-order valence-electron chi connectivity index (χ1n) is 8.54. The molecule has 2 heterocycles. The van der Waals surface area contributed by atoms with Crippen LogP contribution in [0.25, 0.3) is 0 Å². The number of hydrogen-bond donors (Lipinski definition) is 3. The second kappa shape index (κ2) is 7.82. The average Bonchev–Trinajstić information content (AvgIpc) is 3.06. The number of primary amides is 1.